The van der Waals surface area contributed by atoms with Crippen LogP contribution in [0.25, 0.3) is 0 Å². The topological polar surface area (TPSA) is 39.7 Å². The van der Waals surface area contributed by atoms with E-state index >= 15 is 0 Å². The quantitative estimate of drug-likeness (QED) is 0.358. The second kappa shape index (κ2) is 12.3. The van der Waals surface area contributed by atoms with Gasteiger partial charge >= 0.3 is 6.18 Å². The summed E-state index contributed by atoms with van der Waals surface area (Å²) in [6.45, 7) is 4.94. The van der Waals surface area contributed by atoms with Crippen LogP contribution < -0.4 is 10.6 Å². The van der Waals surface area contributed by atoms with Gasteiger partial charge in [0, 0.05) is 26.7 Å². The number of rotatable bonds is 8. The molecule has 0 heterocycles. The molecule has 2 N–H and O–H groups in total. The normalized spacial score (nSPS) is 12.5. The average Bonchev–Trinajstić information content (AvgIpc) is 2.35. The maximum Gasteiger partial charge on any atom is 0.401 e. The Balaban J connectivity index is 0. The number of hydrogen-bond acceptors (Lipinski definition) is 2. The van der Waals surface area contributed by atoms with Gasteiger partial charge in [0.2, 0.25) is 0 Å². The van der Waals surface area contributed by atoms with E-state index in [0.717, 1.165) is 19.4 Å². The molecule has 128 valence electrons. The molecule has 0 saturated carbocycles. The van der Waals surface area contributed by atoms with Gasteiger partial charge in [0.05, 0.1) is 6.54 Å². The number of alkyl halides is 3. The third-order valence-electron chi connectivity index (χ3n) is 3.17. The van der Waals surface area contributed by atoms with Gasteiger partial charge in [-0.25, -0.2) is 0 Å². The van der Waals surface area contributed by atoms with Crippen LogP contribution in [0.3, 0.4) is 0 Å². The van der Waals surface area contributed by atoms with Crippen molar-refractivity contribution in [3.63, 3.8) is 0 Å². The summed E-state index contributed by atoms with van der Waals surface area (Å²) in [4.78, 5) is 5.29. The average molecular weight is 424 g/mol. The van der Waals surface area contributed by atoms with Crippen molar-refractivity contribution in [1.29, 1.82) is 0 Å². The lowest BCUT2D eigenvalue weighted by Crippen LogP contribution is -2.43. The van der Waals surface area contributed by atoms with Crippen LogP contribution in [-0.2, 0) is 0 Å². The zero-order valence-corrected chi connectivity index (χ0v) is 15.6. The van der Waals surface area contributed by atoms with Crippen molar-refractivity contribution in [1.82, 2.24) is 15.5 Å². The molecule has 0 spiro atoms. The molecule has 0 aromatic rings. The molecule has 0 bridgehead atoms. The van der Waals surface area contributed by atoms with E-state index in [2.05, 4.69) is 29.5 Å². The van der Waals surface area contributed by atoms with Crippen molar-refractivity contribution in [3.05, 3.63) is 0 Å². The monoisotopic (exact) mass is 424 g/mol. The molecule has 0 amide bonds. The van der Waals surface area contributed by atoms with E-state index < -0.39 is 12.7 Å². The third-order valence-corrected chi connectivity index (χ3v) is 3.17. The summed E-state index contributed by atoms with van der Waals surface area (Å²) in [5.41, 5.74) is 0. The summed E-state index contributed by atoms with van der Waals surface area (Å²) in [6, 6.07) is 0. The lowest BCUT2D eigenvalue weighted by atomic mass is 10.0. The Bertz CT molecular complexity index is 281. The molecule has 0 aromatic heterocycles. The minimum Gasteiger partial charge on any atom is -0.356 e. The van der Waals surface area contributed by atoms with E-state index in [1.54, 1.807) is 7.05 Å². The molecular formula is C13H28F3IN4. The van der Waals surface area contributed by atoms with Crippen LogP contribution >= 0.6 is 24.0 Å². The van der Waals surface area contributed by atoms with Crippen LogP contribution in [0, 0.1) is 5.92 Å². The summed E-state index contributed by atoms with van der Waals surface area (Å²) in [5.74, 6) is 1.22. The Morgan fingerprint density at radius 1 is 1.19 bits per heavy atom. The number of nitrogens with one attached hydrogen (secondary N) is 2. The fraction of sp³-hybridized carbons (Fsp3) is 0.923. The number of nitrogens with zero attached hydrogens (tertiary/aromatic N) is 2. The van der Waals surface area contributed by atoms with Crippen LogP contribution in [0.15, 0.2) is 4.99 Å². The molecule has 0 aromatic carbocycles. The zero-order chi connectivity index (χ0) is 15.6. The molecule has 8 heteroatoms. The summed E-state index contributed by atoms with van der Waals surface area (Å²) in [5, 5.41) is 6.21. The van der Waals surface area contributed by atoms with Crippen molar-refractivity contribution in [3.8, 4) is 0 Å². The van der Waals surface area contributed by atoms with Gasteiger partial charge in [0.15, 0.2) is 5.96 Å². The number of guanidine groups is 1. The highest BCUT2D eigenvalue weighted by atomic mass is 127. The predicted molar refractivity (Wildman–Crippen MR) is 92.4 cm³/mol. The molecule has 0 atom stereocenters. The Morgan fingerprint density at radius 2 is 1.76 bits per heavy atom. The number of likely N-dealkylation sites (N-methyl/N-ethyl adjacent to an activating group) is 1. The van der Waals surface area contributed by atoms with Crippen LogP contribution in [0.1, 0.15) is 26.7 Å². The molecule has 0 saturated heterocycles. The largest absolute Gasteiger partial charge is 0.401 e. The summed E-state index contributed by atoms with van der Waals surface area (Å²) >= 11 is 0. The van der Waals surface area contributed by atoms with Crippen molar-refractivity contribution in [2.75, 3.05) is 40.3 Å². The van der Waals surface area contributed by atoms with Gasteiger partial charge in [0.1, 0.15) is 0 Å². The first-order valence-corrected chi connectivity index (χ1v) is 7.02. The summed E-state index contributed by atoms with van der Waals surface area (Å²) in [7, 11) is 3.11. The molecule has 21 heavy (non-hydrogen) atoms. The lowest BCUT2D eigenvalue weighted by Gasteiger charge is -2.20. The van der Waals surface area contributed by atoms with Crippen molar-refractivity contribution >= 4 is 29.9 Å². The van der Waals surface area contributed by atoms with Gasteiger partial charge < -0.3 is 10.6 Å². The van der Waals surface area contributed by atoms with Crippen LogP contribution in [-0.4, -0.2) is 57.3 Å². The number of aliphatic imine (C=N–C) groups is 1. The van der Waals surface area contributed by atoms with Gasteiger partial charge in [-0.2, -0.15) is 13.2 Å². The zero-order valence-electron chi connectivity index (χ0n) is 13.3. The number of hydrogen-bond donors (Lipinski definition) is 2. The van der Waals surface area contributed by atoms with Crippen molar-refractivity contribution in [2.45, 2.75) is 32.9 Å². The second-order valence-corrected chi connectivity index (χ2v) is 4.92. The maximum absolute atomic E-state index is 12.1. The molecule has 0 aliphatic rings. The van der Waals surface area contributed by atoms with Crippen molar-refractivity contribution in [2.24, 2.45) is 10.9 Å². The molecule has 0 fully saturated rings. The van der Waals surface area contributed by atoms with E-state index in [-0.39, 0.29) is 24.0 Å². The van der Waals surface area contributed by atoms with Crippen LogP contribution in [0.2, 0.25) is 0 Å². The first-order valence-electron chi connectivity index (χ1n) is 7.02. The van der Waals surface area contributed by atoms with E-state index in [1.807, 2.05) is 0 Å². The Kier molecular flexibility index (Phi) is 13.5. The van der Waals surface area contributed by atoms with E-state index in [1.165, 1.54) is 11.9 Å². The molecule has 0 aliphatic carbocycles. The first kappa shape index (κ1) is 23.0. The van der Waals surface area contributed by atoms with Gasteiger partial charge in [-0.3, -0.25) is 9.89 Å². The smallest absolute Gasteiger partial charge is 0.356 e. The molecule has 0 radical (unpaired) electrons. The molecule has 4 nitrogen and oxygen atoms in total. The Labute approximate surface area is 143 Å². The summed E-state index contributed by atoms with van der Waals surface area (Å²) < 4.78 is 36.4. The van der Waals surface area contributed by atoms with Crippen molar-refractivity contribution < 1.29 is 13.2 Å². The number of halogens is 4. The van der Waals surface area contributed by atoms with Gasteiger partial charge in [-0.05, 0) is 13.0 Å². The molecular weight excluding hydrogens is 396 g/mol. The Morgan fingerprint density at radius 3 is 2.19 bits per heavy atom. The first-order chi connectivity index (χ1) is 9.32. The van der Waals surface area contributed by atoms with E-state index in [0.29, 0.717) is 25.0 Å². The van der Waals surface area contributed by atoms with Gasteiger partial charge in [-0.1, -0.05) is 26.7 Å². The molecule has 0 aliphatic heterocycles. The highest BCUT2D eigenvalue weighted by Gasteiger charge is 2.28. The van der Waals surface area contributed by atoms with Crippen LogP contribution in [0.4, 0.5) is 13.2 Å². The fourth-order valence-electron chi connectivity index (χ4n) is 1.79. The maximum atomic E-state index is 12.1. The van der Waals surface area contributed by atoms with E-state index in [9.17, 15) is 13.2 Å². The molecule has 0 rings (SSSR count). The summed E-state index contributed by atoms with van der Waals surface area (Å²) in [6.07, 6.45) is -1.96. The third kappa shape index (κ3) is 13.2. The minimum atomic E-state index is -4.15. The SMILES string of the molecule is CCC(CC)CNC(=NC)NCCN(C)CC(F)(F)F.I. The second-order valence-electron chi connectivity index (χ2n) is 4.92. The highest BCUT2D eigenvalue weighted by Crippen LogP contribution is 2.14. The predicted octanol–water partition coefficient (Wildman–Crippen LogP) is 2.70. The Hall–Kier alpha value is -0.250. The van der Waals surface area contributed by atoms with Gasteiger partial charge in [-0.15, -0.1) is 24.0 Å². The standard InChI is InChI=1S/C13H27F3N4.HI/c1-5-11(6-2)9-19-12(17-3)18-7-8-20(4)10-13(14,15)16;/h11H,5-10H2,1-4H3,(H2,17,18,19);1H. The fourth-order valence-corrected chi connectivity index (χ4v) is 1.79. The van der Waals surface area contributed by atoms with Gasteiger partial charge in [0.25, 0.3) is 0 Å². The van der Waals surface area contributed by atoms with Crippen LogP contribution in [0.5, 0.6) is 0 Å². The minimum absolute atomic E-state index is 0. The molecule has 0 unspecified atom stereocenters. The highest BCUT2D eigenvalue weighted by molar-refractivity contribution is 14.0. The van der Waals surface area contributed by atoms with E-state index in [4.69, 9.17) is 0 Å². The lowest BCUT2D eigenvalue weighted by molar-refractivity contribution is -0.142.